The number of sulfonamides is 1. The molecule has 0 unspecified atom stereocenters. The number of anilines is 1. The molecule has 6 nitrogen and oxygen atoms in total. The monoisotopic (exact) mass is 320 g/mol. The predicted molar refractivity (Wildman–Crippen MR) is 82.4 cm³/mol. The molecule has 0 saturated carbocycles. The molecule has 2 aromatic carbocycles. The predicted octanol–water partition coefficient (Wildman–Crippen LogP) is 1.94. The molecule has 5 N–H and O–H groups in total. The van der Waals surface area contributed by atoms with Crippen LogP contribution in [-0.2, 0) is 10.0 Å². The highest BCUT2D eigenvalue weighted by molar-refractivity contribution is 7.99. The Morgan fingerprint density at radius 1 is 1.14 bits per heavy atom. The number of nitrogens with one attached hydrogen (secondary N) is 1. The van der Waals surface area contributed by atoms with Crippen molar-refractivity contribution >= 4 is 38.5 Å². The number of rotatable bonds is 3. The van der Waals surface area contributed by atoms with Gasteiger partial charge >= 0.3 is 0 Å². The third kappa shape index (κ3) is 2.87. The van der Waals surface area contributed by atoms with Crippen LogP contribution in [0.4, 0.5) is 5.69 Å². The average Bonchev–Trinajstić information content (AvgIpc) is 2.82. The minimum atomic E-state index is -3.75. The lowest BCUT2D eigenvalue weighted by Crippen LogP contribution is -2.12. The minimum absolute atomic E-state index is 0.00560. The number of nitrogens with zero attached hydrogens (tertiary/aromatic N) is 1. The highest BCUT2D eigenvalue weighted by Gasteiger charge is 2.12. The number of hydrogen-bond donors (Lipinski definition) is 3. The second kappa shape index (κ2) is 5.06. The fourth-order valence-electron chi connectivity index (χ4n) is 1.88. The first-order chi connectivity index (χ1) is 9.93. The van der Waals surface area contributed by atoms with Gasteiger partial charge in [0.2, 0.25) is 10.0 Å². The van der Waals surface area contributed by atoms with Crippen LogP contribution in [0.1, 0.15) is 0 Å². The van der Waals surface area contributed by atoms with Gasteiger partial charge in [0.05, 0.1) is 15.9 Å². The Morgan fingerprint density at radius 2 is 1.90 bits per heavy atom. The van der Waals surface area contributed by atoms with Crippen LogP contribution in [0.3, 0.4) is 0 Å². The number of nitrogen functional groups attached to an aromatic ring is 1. The third-order valence-corrected chi connectivity index (χ3v) is 4.77. The number of aromatic nitrogens is 2. The highest BCUT2D eigenvalue weighted by atomic mass is 32.2. The van der Waals surface area contributed by atoms with Gasteiger partial charge in [-0.25, -0.2) is 18.5 Å². The summed E-state index contributed by atoms with van der Waals surface area (Å²) in [6.45, 7) is 0. The quantitative estimate of drug-likeness (QED) is 0.638. The number of H-pyrrole nitrogens is 1. The number of primary sulfonamides is 1. The Balaban J connectivity index is 1.94. The van der Waals surface area contributed by atoms with Crippen LogP contribution in [-0.4, -0.2) is 18.4 Å². The van der Waals surface area contributed by atoms with Crippen molar-refractivity contribution in [3.05, 3.63) is 42.5 Å². The van der Waals surface area contributed by atoms with Gasteiger partial charge in [-0.1, -0.05) is 12.1 Å². The van der Waals surface area contributed by atoms with Crippen LogP contribution < -0.4 is 10.9 Å². The molecular formula is C13H12N4O2S2. The number of para-hydroxylation sites is 2. The maximum atomic E-state index is 11.3. The summed E-state index contributed by atoms with van der Waals surface area (Å²) in [5, 5.41) is 5.76. The molecule has 0 radical (unpaired) electrons. The molecular weight excluding hydrogens is 308 g/mol. The third-order valence-electron chi connectivity index (χ3n) is 2.88. The fraction of sp³-hybridized carbons (Fsp3) is 0. The van der Waals surface area contributed by atoms with E-state index < -0.39 is 10.0 Å². The second-order valence-electron chi connectivity index (χ2n) is 4.41. The number of fused-ring (bicyclic) bond motifs is 1. The lowest BCUT2D eigenvalue weighted by Gasteiger charge is -2.05. The molecule has 0 atom stereocenters. The molecule has 3 aromatic rings. The Morgan fingerprint density at radius 3 is 2.57 bits per heavy atom. The topological polar surface area (TPSA) is 115 Å². The Bertz CT molecular complexity index is 886. The number of aromatic amines is 1. The lowest BCUT2D eigenvalue weighted by molar-refractivity contribution is 0.598. The van der Waals surface area contributed by atoms with E-state index in [1.165, 1.54) is 23.9 Å². The molecule has 1 aromatic heterocycles. The molecule has 0 spiro atoms. The molecule has 21 heavy (non-hydrogen) atoms. The van der Waals surface area contributed by atoms with Crippen molar-refractivity contribution in [2.24, 2.45) is 5.14 Å². The summed E-state index contributed by atoms with van der Waals surface area (Å²) in [4.78, 5) is 8.30. The molecule has 8 heteroatoms. The molecule has 0 amide bonds. The van der Waals surface area contributed by atoms with Crippen molar-refractivity contribution in [2.45, 2.75) is 14.9 Å². The van der Waals surface area contributed by atoms with Crippen LogP contribution in [0.5, 0.6) is 0 Å². The molecule has 0 aliphatic heterocycles. The van der Waals surface area contributed by atoms with E-state index >= 15 is 0 Å². The summed E-state index contributed by atoms with van der Waals surface area (Å²) in [6.07, 6.45) is 0. The number of hydrogen-bond acceptors (Lipinski definition) is 5. The first-order valence-corrected chi connectivity index (χ1v) is 8.35. The zero-order valence-corrected chi connectivity index (χ0v) is 12.4. The highest BCUT2D eigenvalue weighted by Crippen LogP contribution is 2.32. The number of benzene rings is 2. The van der Waals surface area contributed by atoms with E-state index in [-0.39, 0.29) is 4.90 Å². The molecule has 0 fully saturated rings. The first kappa shape index (κ1) is 13.9. The number of nitrogens with two attached hydrogens (primary N) is 2. The van der Waals surface area contributed by atoms with E-state index in [9.17, 15) is 8.42 Å². The SMILES string of the molecule is Nc1cc(S(N)(=O)=O)ccc1Sc1nc2ccccc2[nH]1. The van der Waals surface area contributed by atoms with Crippen LogP contribution in [0.25, 0.3) is 11.0 Å². The van der Waals surface area contributed by atoms with Crippen molar-refractivity contribution in [3.63, 3.8) is 0 Å². The van der Waals surface area contributed by atoms with Crippen molar-refractivity contribution < 1.29 is 8.42 Å². The first-order valence-electron chi connectivity index (χ1n) is 5.98. The molecule has 1 heterocycles. The zero-order chi connectivity index (χ0) is 15.0. The summed E-state index contributed by atoms with van der Waals surface area (Å²) in [5.74, 6) is 0. The van der Waals surface area contributed by atoms with Crippen molar-refractivity contribution in [1.82, 2.24) is 9.97 Å². The van der Waals surface area contributed by atoms with Gasteiger partial charge in [-0.05, 0) is 42.1 Å². The summed E-state index contributed by atoms with van der Waals surface area (Å²) < 4.78 is 22.5. The summed E-state index contributed by atoms with van der Waals surface area (Å²) in [5.41, 5.74) is 8.01. The van der Waals surface area contributed by atoms with Crippen molar-refractivity contribution in [2.75, 3.05) is 5.73 Å². The maximum Gasteiger partial charge on any atom is 0.238 e. The van der Waals surface area contributed by atoms with E-state index in [1.807, 2.05) is 24.3 Å². The van der Waals surface area contributed by atoms with Gasteiger partial charge in [0, 0.05) is 10.6 Å². The minimum Gasteiger partial charge on any atom is -0.398 e. The normalized spacial score (nSPS) is 11.9. The average molecular weight is 320 g/mol. The van der Waals surface area contributed by atoms with Gasteiger partial charge in [-0.2, -0.15) is 0 Å². The van der Waals surface area contributed by atoms with E-state index in [4.69, 9.17) is 10.9 Å². The summed E-state index contributed by atoms with van der Waals surface area (Å²) in [6, 6.07) is 12.1. The molecule has 3 rings (SSSR count). The Hall–Kier alpha value is -2.03. The van der Waals surface area contributed by atoms with Gasteiger partial charge in [0.15, 0.2) is 5.16 Å². The van der Waals surface area contributed by atoms with Gasteiger partial charge in [0.1, 0.15) is 0 Å². The Labute approximate surface area is 125 Å². The summed E-state index contributed by atoms with van der Waals surface area (Å²) in [7, 11) is -3.75. The molecule has 0 aliphatic rings. The van der Waals surface area contributed by atoms with E-state index in [2.05, 4.69) is 9.97 Å². The van der Waals surface area contributed by atoms with E-state index in [0.717, 1.165) is 11.0 Å². The van der Waals surface area contributed by atoms with Crippen molar-refractivity contribution in [1.29, 1.82) is 0 Å². The summed E-state index contributed by atoms with van der Waals surface area (Å²) >= 11 is 1.33. The van der Waals surface area contributed by atoms with Crippen LogP contribution >= 0.6 is 11.8 Å². The number of imidazole rings is 1. The maximum absolute atomic E-state index is 11.3. The van der Waals surface area contributed by atoms with Gasteiger partial charge in [-0.15, -0.1) is 0 Å². The van der Waals surface area contributed by atoms with Gasteiger partial charge in [0.25, 0.3) is 0 Å². The second-order valence-corrected chi connectivity index (χ2v) is 7.00. The zero-order valence-electron chi connectivity index (χ0n) is 10.8. The standard InChI is InChI=1S/C13H12N4O2S2/c14-9-7-8(21(15,18)19)5-6-12(9)20-13-16-10-3-1-2-4-11(10)17-13/h1-7H,14H2,(H,16,17)(H2,15,18,19). The van der Waals surface area contributed by atoms with E-state index in [0.29, 0.717) is 15.7 Å². The largest absolute Gasteiger partial charge is 0.398 e. The fourth-order valence-corrected chi connectivity index (χ4v) is 3.25. The van der Waals surface area contributed by atoms with Gasteiger partial charge in [-0.3, -0.25) is 0 Å². The van der Waals surface area contributed by atoms with Crippen LogP contribution in [0.2, 0.25) is 0 Å². The van der Waals surface area contributed by atoms with Crippen LogP contribution in [0, 0.1) is 0 Å². The lowest BCUT2D eigenvalue weighted by atomic mass is 10.3. The molecule has 0 bridgehead atoms. The van der Waals surface area contributed by atoms with Crippen LogP contribution in [0.15, 0.2) is 57.4 Å². The smallest absolute Gasteiger partial charge is 0.238 e. The van der Waals surface area contributed by atoms with Crippen molar-refractivity contribution in [3.8, 4) is 0 Å². The van der Waals surface area contributed by atoms with Gasteiger partial charge < -0.3 is 10.7 Å². The Kier molecular flexibility index (Phi) is 3.36. The van der Waals surface area contributed by atoms with E-state index in [1.54, 1.807) is 6.07 Å². The molecule has 0 saturated heterocycles. The molecule has 108 valence electrons. The molecule has 0 aliphatic carbocycles.